The number of nitrogens with one attached hydrogen (secondary N) is 1. The molecule has 6 heteroatoms. The number of benzene rings is 2. The lowest BCUT2D eigenvalue weighted by Crippen LogP contribution is -2.18. The fraction of sp³-hybridized carbons (Fsp3) is 0.280. The number of pyridine rings is 1. The van der Waals surface area contributed by atoms with Crippen LogP contribution >= 0.6 is 0 Å². The van der Waals surface area contributed by atoms with Crippen molar-refractivity contribution in [1.29, 1.82) is 0 Å². The Bertz CT molecular complexity index is 1050. The van der Waals surface area contributed by atoms with Crippen molar-refractivity contribution in [2.45, 2.75) is 46.3 Å². The van der Waals surface area contributed by atoms with Crippen LogP contribution in [0.3, 0.4) is 0 Å². The number of aromatic nitrogens is 1. The fourth-order valence-corrected chi connectivity index (χ4v) is 3.28. The zero-order chi connectivity index (χ0) is 22.4. The molecule has 1 atom stereocenters. The number of nitrogens with zero attached hydrogens (tertiary/aromatic N) is 1. The van der Waals surface area contributed by atoms with Gasteiger partial charge in [0.05, 0.1) is 23.5 Å². The van der Waals surface area contributed by atoms with Crippen LogP contribution in [0.15, 0.2) is 60.7 Å². The Morgan fingerprint density at radius 1 is 1.03 bits per heavy atom. The first-order valence-corrected chi connectivity index (χ1v) is 10.3. The maximum atomic E-state index is 13.4. The quantitative estimate of drug-likeness (QED) is 0.489. The SMILES string of the molecule is Cc1nc(CC(C)OC(C)C)ccc1C(=O)Nc1cccc(Oc2cccc(F)c2)c1. The van der Waals surface area contributed by atoms with E-state index in [0.717, 1.165) is 5.69 Å². The molecule has 1 unspecified atom stereocenters. The van der Waals surface area contributed by atoms with Crippen molar-refractivity contribution in [3.05, 3.63) is 83.4 Å². The van der Waals surface area contributed by atoms with Gasteiger partial charge in [0.15, 0.2) is 0 Å². The maximum Gasteiger partial charge on any atom is 0.257 e. The third kappa shape index (κ3) is 6.62. The Hall–Kier alpha value is -3.25. The van der Waals surface area contributed by atoms with E-state index in [0.29, 0.717) is 34.9 Å². The van der Waals surface area contributed by atoms with E-state index in [-0.39, 0.29) is 23.9 Å². The highest BCUT2D eigenvalue weighted by atomic mass is 19.1. The maximum absolute atomic E-state index is 13.4. The highest BCUT2D eigenvalue weighted by Crippen LogP contribution is 2.25. The van der Waals surface area contributed by atoms with E-state index in [9.17, 15) is 9.18 Å². The number of anilines is 1. The van der Waals surface area contributed by atoms with Gasteiger partial charge in [0.1, 0.15) is 17.3 Å². The van der Waals surface area contributed by atoms with Crippen molar-refractivity contribution < 1.29 is 18.7 Å². The van der Waals surface area contributed by atoms with E-state index in [4.69, 9.17) is 9.47 Å². The van der Waals surface area contributed by atoms with Crippen LogP contribution in [0.4, 0.5) is 10.1 Å². The first-order chi connectivity index (χ1) is 14.8. The average Bonchev–Trinajstić information content (AvgIpc) is 2.67. The second-order valence-corrected chi connectivity index (χ2v) is 7.68. The Morgan fingerprint density at radius 3 is 2.42 bits per heavy atom. The molecular formula is C25H27FN2O3. The van der Waals surface area contributed by atoms with Gasteiger partial charge in [-0.25, -0.2) is 4.39 Å². The molecule has 1 heterocycles. The summed E-state index contributed by atoms with van der Waals surface area (Å²) in [6.07, 6.45) is 0.884. The van der Waals surface area contributed by atoms with Gasteiger partial charge in [-0.2, -0.15) is 0 Å². The van der Waals surface area contributed by atoms with Crippen LogP contribution in [0, 0.1) is 12.7 Å². The highest BCUT2D eigenvalue weighted by molar-refractivity contribution is 6.05. The third-order valence-electron chi connectivity index (χ3n) is 4.51. The van der Waals surface area contributed by atoms with Crippen molar-refractivity contribution in [3.63, 3.8) is 0 Å². The Morgan fingerprint density at radius 2 is 1.74 bits per heavy atom. The molecule has 0 aliphatic carbocycles. The van der Waals surface area contributed by atoms with Gasteiger partial charge in [0.2, 0.25) is 0 Å². The summed E-state index contributed by atoms with van der Waals surface area (Å²) in [5.74, 6) is 0.243. The van der Waals surface area contributed by atoms with Crippen molar-refractivity contribution in [1.82, 2.24) is 4.98 Å². The van der Waals surface area contributed by atoms with Gasteiger partial charge in [0, 0.05) is 29.9 Å². The molecule has 2 aromatic carbocycles. The lowest BCUT2D eigenvalue weighted by Gasteiger charge is -2.16. The van der Waals surface area contributed by atoms with E-state index >= 15 is 0 Å². The zero-order valence-corrected chi connectivity index (χ0v) is 18.2. The largest absolute Gasteiger partial charge is 0.457 e. The fourth-order valence-electron chi connectivity index (χ4n) is 3.28. The van der Waals surface area contributed by atoms with E-state index < -0.39 is 0 Å². The number of ether oxygens (including phenoxy) is 2. The predicted octanol–water partition coefficient (Wildman–Crippen LogP) is 5.93. The smallest absolute Gasteiger partial charge is 0.257 e. The minimum absolute atomic E-state index is 0.0485. The van der Waals surface area contributed by atoms with E-state index in [1.807, 2.05) is 33.8 Å². The predicted molar refractivity (Wildman–Crippen MR) is 119 cm³/mol. The second-order valence-electron chi connectivity index (χ2n) is 7.68. The molecule has 0 saturated carbocycles. The molecule has 1 amide bonds. The summed E-state index contributed by atoms with van der Waals surface area (Å²) < 4.78 is 24.8. The normalized spacial score (nSPS) is 11.9. The van der Waals surface area contributed by atoms with E-state index in [1.54, 1.807) is 42.5 Å². The standard InChI is InChI=1S/C25H27FN2O3/c1-16(2)30-17(3)13-21-11-12-24(18(4)27-21)25(29)28-20-8-6-10-23(15-20)31-22-9-5-7-19(26)14-22/h5-12,14-17H,13H2,1-4H3,(H,28,29). The van der Waals surface area contributed by atoms with Crippen LogP contribution in [0.1, 0.15) is 42.5 Å². The van der Waals surface area contributed by atoms with Crippen molar-refractivity contribution >= 4 is 11.6 Å². The molecule has 0 fully saturated rings. The van der Waals surface area contributed by atoms with Gasteiger partial charge in [-0.1, -0.05) is 12.1 Å². The molecule has 31 heavy (non-hydrogen) atoms. The van der Waals surface area contributed by atoms with E-state index in [1.165, 1.54) is 12.1 Å². The molecule has 1 aromatic heterocycles. The number of halogens is 1. The lowest BCUT2D eigenvalue weighted by molar-refractivity contribution is 0.0190. The number of aryl methyl sites for hydroxylation is 1. The molecule has 0 radical (unpaired) electrons. The summed E-state index contributed by atoms with van der Waals surface area (Å²) in [5, 5.41) is 2.87. The van der Waals surface area contributed by atoms with Gasteiger partial charge in [-0.15, -0.1) is 0 Å². The summed E-state index contributed by atoms with van der Waals surface area (Å²) in [6.45, 7) is 7.83. The number of hydrogen-bond acceptors (Lipinski definition) is 4. The molecule has 3 rings (SSSR count). The number of hydrogen-bond donors (Lipinski definition) is 1. The molecule has 5 nitrogen and oxygen atoms in total. The van der Waals surface area contributed by atoms with Crippen LogP contribution in [0.2, 0.25) is 0 Å². The summed E-state index contributed by atoms with van der Waals surface area (Å²) in [6, 6.07) is 16.5. The van der Waals surface area contributed by atoms with Gasteiger partial charge in [-0.05, 0) is 64.1 Å². The van der Waals surface area contributed by atoms with Crippen LogP contribution < -0.4 is 10.1 Å². The third-order valence-corrected chi connectivity index (χ3v) is 4.51. The van der Waals surface area contributed by atoms with E-state index in [2.05, 4.69) is 10.3 Å². The topological polar surface area (TPSA) is 60.5 Å². The molecule has 0 bridgehead atoms. The number of carbonyl (C=O) groups is 1. The van der Waals surface area contributed by atoms with Crippen molar-refractivity contribution in [2.24, 2.45) is 0 Å². The molecule has 162 valence electrons. The Kier molecular flexibility index (Phi) is 7.36. The van der Waals surface area contributed by atoms with Crippen molar-refractivity contribution in [3.8, 4) is 11.5 Å². The first kappa shape index (κ1) is 22.4. The summed E-state index contributed by atoms with van der Waals surface area (Å²) in [5.41, 5.74) is 2.60. The van der Waals surface area contributed by atoms with Gasteiger partial charge in [-0.3, -0.25) is 9.78 Å². The van der Waals surface area contributed by atoms with Crippen LogP contribution in [-0.4, -0.2) is 23.1 Å². The summed E-state index contributed by atoms with van der Waals surface area (Å²) in [4.78, 5) is 17.3. The molecule has 0 spiro atoms. The first-order valence-electron chi connectivity index (χ1n) is 10.3. The summed E-state index contributed by atoms with van der Waals surface area (Å²) >= 11 is 0. The molecule has 0 aliphatic rings. The Labute approximate surface area is 182 Å². The number of rotatable bonds is 8. The van der Waals surface area contributed by atoms with Gasteiger partial charge in [0.25, 0.3) is 5.91 Å². The van der Waals surface area contributed by atoms with Crippen LogP contribution in [-0.2, 0) is 11.2 Å². The minimum Gasteiger partial charge on any atom is -0.457 e. The number of carbonyl (C=O) groups excluding carboxylic acids is 1. The molecule has 0 aliphatic heterocycles. The molecule has 1 N–H and O–H groups in total. The second kappa shape index (κ2) is 10.2. The Balaban J connectivity index is 1.67. The molecule has 3 aromatic rings. The van der Waals surface area contributed by atoms with Crippen LogP contribution in [0.5, 0.6) is 11.5 Å². The monoisotopic (exact) mass is 422 g/mol. The number of amides is 1. The highest BCUT2D eigenvalue weighted by Gasteiger charge is 2.14. The minimum atomic E-state index is -0.376. The zero-order valence-electron chi connectivity index (χ0n) is 18.2. The molecular weight excluding hydrogens is 395 g/mol. The van der Waals surface area contributed by atoms with Crippen molar-refractivity contribution in [2.75, 3.05) is 5.32 Å². The van der Waals surface area contributed by atoms with Gasteiger partial charge < -0.3 is 14.8 Å². The lowest BCUT2D eigenvalue weighted by atomic mass is 10.1. The van der Waals surface area contributed by atoms with Crippen LogP contribution in [0.25, 0.3) is 0 Å². The summed E-state index contributed by atoms with van der Waals surface area (Å²) in [7, 11) is 0. The molecule has 0 saturated heterocycles. The van der Waals surface area contributed by atoms with Gasteiger partial charge >= 0.3 is 0 Å². The average molecular weight is 423 g/mol.